The first-order chi connectivity index (χ1) is 9.11. The molecule has 1 amide bonds. The van der Waals surface area contributed by atoms with Crippen molar-refractivity contribution in [3.63, 3.8) is 0 Å². The summed E-state index contributed by atoms with van der Waals surface area (Å²) in [4.78, 5) is 16.8. The van der Waals surface area contributed by atoms with Gasteiger partial charge < -0.3 is 10.6 Å². The first-order valence-electron chi connectivity index (χ1n) is 7.24. The monoisotopic (exact) mass is 280 g/mol. The molecule has 0 bridgehead atoms. The number of carbonyl (C=O) groups is 1. The second kappa shape index (κ2) is 6.53. The predicted molar refractivity (Wildman–Crippen MR) is 80.6 cm³/mol. The zero-order valence-electron chi connectivity index (χ0n) is 11.9. The Kier molecular flexibility index (Phi) is 4.99. The Hall–Kier alpha value is -0.870. The van der Waals surface area contributed by atoms with Gasteiger partial charge in [-0.25, -0.2) is 0 Å². The minimum atomic E-state index is 0.209. The van der Waals surface area contributed by atoms with Gasteiger partial charge in [-0.2, -0.15) is 0 Å². The van der Waals surface area contributed by atoms with E-state index in [0.29, 0.717) is 12.1 Å². The Balaban J connectivity index is 2.08. The molecule has 3 nitrogen and oxygen atoms in total. The average molecular weight is 280 g/mol. The Morgan fingerprint density at radius 2 is 2.05 bits per heavy atom. The molecule has 4 heteroatoms. The van der Waals surface area contributed by atoms with Crippen molar-refractivity contribution in [1.29, 1.82) is 0 Å². The van der Waals surface area contributed by atoms with Crippen LogP contribution >= 0.6 is 11.3 Å². The highest BCUT2D eigenvalue weighted by molar-refractivity contribution is 7.13. The van der Waals surface area contributed by atoms with Gasteiger partial charge in [-0.15, -0.1) is 11.3 Å². The summed E-state index contributed by atoms with van der Waals surface area (Å²) in [6.45, 7) is 5.04. The van der Waals surface area contributed by atoms with Crippen LogP contribution in [-0.2, 0) is 0 Å². The Labute approximate surface area is 119 Å². The topological polar surface area (TPSA) is 46.3 Å². The van der Waals surface area contributed by atoms with E-state index in [4.69, 9.17) is 5.73 Å². The van der Waals surface area contributed by atoms with E-state index in [9.17, 15) is 4.79 Å². The van der Waals surface area contributed by atoms with Crippen LogP contribution < -0.4 is 5.73 Å². The van der Waals surface area contributed by atoms with E-state index >= 15 is 0 Å². The van der Waals surface area contributed by atoms with Gasteiger partial charge in [0.1, 0.15) is 0 Å². The molecule has 2 N–H and O–H groups in total. The van der Waals surface area contributed by atoms with Gasteiger partial charge in [-0.1, -0.05) is 6.92 Å². The maximum absolute atomic E-state index is 12.6. The Morgan fingerprint density at radius 3 is 2.58 bits per heavy atom. The van der Waals surface area contributed by atoms with Gasteiger partial charge in [-0.05, 0) is 51.2 Å². The van der Waals surface area contributed by atoms with E-state index in [1.807, 2.05) is 19.1 Å². The molecule has 0 radical (unpaired) electrons. The molecule has 1 aliphatic rings. The Bertz CT molecular complexity index is 422. The molecule has 0 aromatic carbocycles. The molecular weight excluding hydrogens is 256 g/mol. The molecule has 1 saturated carbocycles. The van der Waals surface area contributed by atoms with Crippen molar-refractivity contribution in [2.75, 3.05) is 6.54 Å². The SMILES string of the molecule is CCCN(C(=O)c1ccc(C)s1)C1CCC(N)CC1. The van der Waals surface area contributed by atoms with E-state index in [1.165, 1.54) is 4.88 Å². The molecule has 1 aliphatic carbocycles. The summed E-state index contributed by atoms with van der Waals surface area (Å²) in [6, 6.07) is 4.70. The van der Waals surface area contributed by atoms with Crippen molar-refractivity contribution in [2.45, 2.75) is 58.0 Å². The molecule has 19 heavy (non-hydrogen) atoms. The third-order valence-electron chi connectivity index (χ3n) is 3.86. The largest absolute Gasteiger partial charge is 0.335 e. The summed E-state index contributed by atoms with van der Waals surface area (Å²) < 4.78 is 0. The number of thiophene rings is 1. The minimum absolute atomic E-state index is 0.209. The van der Waals surface area contributed by atoms with Crippen molar-refractivity contribution in [1.82, 2.24) is 4.90 Å². The summed E-state index contributed by atoms with van der Waals surface area (Å²) in [5.41, 5.74) is 5.96. The van der Waals surface area contributed by atoms with Crippen LogP contribution in [0.3, 0.4) is 0 Å². The van der Waals surface area contributed by atoms with Gasteiger partial charge in [0.25, 0.3) is 5.91 Å². The molecule has 106 valence electrons. The van der Waals surface area contributed by atoms with Crippen LogP contribution in [-0.4, -0.2) is 29.4 Å². The molecule has 1 fully saturated rings. The van der Waals surface area contributed by atoms with Crippen LogP contribution in [0.25, 0.3) is 0 Å². The number of amides is 1. The zero-order chi connectivity index (χ0) is 13.8. The van der Waals surface area contributed by atoms with Crippen molar-refractivity contribution in [2.24, 2.45) is 5.73 Å². The maximum Gasteiger partial charge on any atom is 0.264 e. The second-order valence-electron chi connectivity index (χ2n) is 5.48. The third kappa shape index (κ3) is 3.57. The summed E-state index contributed by atoms with van der Waals surface area (Å²) in [5, 5.41) is 0. The molecular formula is C15H24N2OS. The summed E-state index contributed by atoms with van der Waals surface area (Å²) in [5.74, 6) is 0.209. The maximum atomic E-state index is 12.6. The fraction of sp³-hybridized carbons (Fsp3) is 0.667. The van der Waals surface area contributed by atoms with Crippen molar-refractivity contribution in [3.05, 3.63) is 21.9 Å². The molecule has 0 aliphatic heterocycles. The van der Waals surface area contributed by atoms with Crippen LogP contribution in [0, 0.1) is 6.92 Å². The summed E-state index contributed by atoms with van der Waals surface area (Å²) in [6.07, 6.45) is 5.20. The molecule has 0 spiro atoms. The fourth-order valence-corrected chi connectivity index (χ4v) is 3.62. The van der Waals surface area contributed by atoms with Gasteiger partial charge >= 0.3 is 0 Å². The molecule has 1 heterocycles. The second-order valence-corrected chi connectivity index (χ2v) is 6.77. The van der Waals surface area contributed by atoms with Crippen LogP contribution in [0.5, 0.6) is 0 Å². The van der Waals surface area contributed by atoms with Gasteiger partial charge in [0.15, 0.2) is 0 Å². The normalized spacial score (nSPS) is 23.3. The van der Waals surface area contributed by atoms with Gasteiger partial charge in [0.2, 0.25) is 0 Å². The molecule has 0 unspecified atom stereocenters. The number of hydrogen-bond donors (Lipinski definition) is 1. The summed E-state index contributed by atoms with van der Waals surface area (Å²) in [7, 11) is 0. The lowest BCUT2D eigenvalue weighted by Gasteiger charge is -2.35. The van der Waals surface area contributed by atoms with Crippen LogP contribution in [0.4, 0.5) is 0 Å². The first kappa shape index (κ1) is 14.5. The molecule has 2 rings (SSSR count). The van der Waals surface area contributed by atoms with Crippen molar-refractivity contribution < 1.29 is 4.79 Å². The lowest BCUT2D eigenvalue weighted by atomic mass is 9.90. The van der Waals surface area contributed by atoms with E-state index < -0.39 is 0 Å². The highest BCUT2D eigenvalue weighted by atomic mass is 32.1. The number of rotatable bonds is 4. The highest BCUT2D eigenvalue weighted by Gasteiger charge is 2.28. The highest BCUT2D eigenvalue weighted by Crippen LogP contribution is 2.25. The molecule has 0 saturated heterocycles. The lowest BCUT2D eigenvalue weighted by molar-refractivity contribution is 0.0632. The van der Waals surface area contributed by atoms with E-state index in [-0.39, 0.29) is 5.91 Å². The molecule has 1 aromatic rings. The van der Waals surface area contributed by atoms with Crippen molar-refractivity contribution in [3.8, 4) is 0 Å². The van der Waals surface area contributed by atoms with E-state index in [1.54, 1.807) is 11.3 Å². The number of aryl methyl sites for hydroxylation is 1. The number of carbonyl (C=O) groups excluding carboxylic acids is 1. The van der Waals surface area contributed by atoms with Crippen LogP contribution in [0.1, 0.15) is 53.6 Å². The van der Waals surface area contributed by atoms with Crippen LogP contribution in [0.2, 0.25) is 0 Å². The van der Waals surface area contributed by atoms with Gasteiger partial charge in [0.05, 0.1) is 4.88 Å². The van der Waals surface area contributed by atoms with Gasteiger partial charge in [0, 0.05) is 23.5 Å². The predicted octanol–water partition coefficient (Wildman–Crippen LogP) is 3.18. The fourth-order valence-electron chi connectivity index (χ4n) is 2.80. The van der Waals surface area contributed by atoms with Gasteiger partial charge in [-0.3, -0.25) is 4.79 Å². The van der Waals surface area contributed by atoms with E-state index in [2.05, 4.69) is 11.8 Å². The number of nitrogens with zero attached hydrogens (tertiary/aromatic N) is 1. The first-order valence-corrected chi connectivity index (χ1v) is 8.06. The third-order valence-corrected chi connectivity index (χ3v) is 4.85. The minimum Gasteiger partial charge on any atom is -0.335 e. The quantitative estimate of drug-likeness (QED) is 0.920. The van der Waals surface area contributed by atoms with E-state index in [0.717, 1.165) is 43.5 Å². The lowest BCUT2D eigenvalue weighted by Crippen LogP contribution is -2.44. The Morgan fingerprint density at radius 1 is 1.37 bits per heavy atom. The molecule has 1 aromatic heterocycles. The summed E-state index contributed by atoms with van der Waals surface area (Å²) >= 11 is 1.60. The number of nitrogens with two attached hydrogens (primary N) is 1. The van der Waals surface area contributed by atoms with Crippen LogP contribution in [0.15, 0.2) is 12.1 Å². The zero-order valence-corrected chi connectivity index (χ0v) is 12.7. The smallest absolute Gasteiger partial charge is 0.264 e. The standard InChI is InChI=1S/C15H24N2OS/c1-3-10-17(13-7-5-12(16)6-8-13)15(18)14-9-4-11(2)19-14/h4,9,12-13H,3,5-8,10,16H2,1-2H3. The average Bonchev–Trinajstić information content (AvgIpc) is 2.83. The van der Waals surface area contributed by atoms with Crippen molar-refractivity contribution >= 4 is 17.2 Å². The molecule has 0 atom stereocenters. The number of hydrogen-bond acceptors (Lipinski definition) is 3.